The Kier molecular flexibility index (Phi) is 8.35. The molecule has 2 saturated carbocycles. The summed E-state index contributed by atoms with van der Waals surface area (Å²) in [6.07, 6.45) is 15.6. The van der Waals surface area contributed by atoms with Gasteiger partial charge in [-0.15, -0.1) is 11.8 Å². The molecule has 1 saturated heterocycles. The van der Waals surface area contributed by atoms with Crippen LogP contribution < -0.4 is 5.32 Å². The number of amides is 2. The third kappa shape index (κ3) is 6.13. The van der Waals surface area contributed by atoms with Crippen LogP contribution in [0.4, 0.5) is 9.93 Å². The lowest BCUT2D eigenvalue weighted by molar-refractivity contribution is 0.105. The van der Waals surface area contributed by atoms with Crippen molar-refractivity contribution in [2.24, 2.45) is 5.92 Å². The van der Waals surface area contributed by atoms with Crippen LogP contribution in [0.15, 0.2) is 10.4 Å². The second-order valence-corrected chi connectivity index (χ2v) is 11.9. The van der Waals surface area contributed by atoms with Crippen LogP contribution in [-0.4, -0.2) is 58.3 Å². The van der Waals surface area contributed by atoms with Gasteiger partial charge in [0.25, 0.3) is 0 Å². The molecular formula is C23H38N4OS2. The summed E-state index contributed by atoms with van der Waals surface area (Å²) in [5, 5.41) is 3.93. The molecule has 0 unspecified atom stereocenters. The molecule has 30 heavy (non-hydrogen) atoms. The summed E-state index contributed by atoms with van der Waals surface area (Å²) in [5.74, 6) is 1.90. The minimum Gasteiger partial charge on any atom is -0.319 e. The van der Waals surface area contributed by atoms with E-state index in [-0.39, 0.29) is 6.03 Å². The van der Waals surface area contributed by atoms with Crippen LogP contribution in [0.3, 0.4) is 0 Å². The molecule has 1 aliphatic heterocycles. The molecule has 3 aliphatic rings. The Morgan fingerprint density at radius 3 is 2.53 bits per heavy atom. The van der Waals surface area contributed by atoms with Gasteiger partial charge in [-0.05, 0) is 70.4 Å². The van der Waals surface area contributed by atoms with Gasteiger partial charge in [-0.25, -0.2) is 9.78 Å². The van der Waals surface area contributed by atoms with Crippen LogP contribution in [0, 0.1) is 5.92 Å². The molecule has 7 heteroatoms. The van der Waals surface area contributed by atoms with Gasteiger partial charge < -0.3 is 9.80 Å². The molecule has 4 rings (SSSR count). The van der Waals surface area contributed by atoms with Crippen molar-refractivity contribution in [1.29, 1.82) is 0 Å². The third-order valence-electron chi connectivity index (χ3n) is 7.13. The van der Waals surface area contributed by atoms with E-state index in [9.17, 15) is 4.79 Å². The van der Waals surface area contributed by atoms with E-state index in [1.54, 1.807) is 11.3 Å². The Morgan fingerprint density at radius 1 is 1.10 bits per heavy atom. The van der Waals surface area contributed by atoms with E-state index < -0.39 is 0 Å². The zero-order valence-corrected chi connectivity index (χ0v) is 20.1. The minimum absolute atomic E-state index is 0.0874. The molecule has 0 bridgehead atoms. The summed E-state index contributed by atoms with van der Waals surface area (Å²) in [7, 11) is 0. The monoisotopic (exact) mass is 450 g/mol. The Bertz CT molecular complexity index is 662. The van der Waals surface area contributed by atoms with Crippen LogP contribution in [0.1, 0.15) is 77.6 Å². The number of thiazole rings is 1. The molecule has 0 radical (unpaired) electrons. The average molecular weight is 451 g/mol. The molecule has 1 aromatic rings. The van der Waals surface area contributed by atoms with Gasteiger partial charge in [0.1, 0.15) is 0 Å². The number of nitrogens with zero attached hydrogens (tertiary/aromatic N) is 3. The van der Waals surface area contributed by atoms with E-state index in [0.717, 1.165) is 49.0 Å². The smallest absolute Gasteiger partial charge is 0.319 e. The average Bonchev–Trinajstić information content (AvgIpc) is 3.43. The summed E-state index contributed by atoms with van der Waals surface area (Å²) < 4.78 is 1.21. The Hall–Kier alpha value is -0.790. The number of thioether (sulfide) groups is 1. The lowest BCUT2D eigenvalue weighted by Crippen LogP contribution is -2.51. The van der Waals surface area contributed by atoms with Crippen molar-refractivity contribution in [3.8, 4) is 0 Å². The first-order valence-corrected chi connectivity index (χ1v) is 13.9. The highest BCUT2D eigenvalue weighted by Gasteiger charge is 2.34. The standard InChI is InChI=1S/C23H38N4OS2/c1-18-9-11-20(12-10-18)27(19-7-3-2-4-8-19)23(28)25-22-24-17-21(30-22)29-16-15-26-13-5-6-14-26/h17-20H,2-16H2,1H3,(H,24,25,28)/t18-,20-. The first-order chi connectivity index (χ1) is 14.7. The normalized spacial score (nSPS) is 26.0. The van der Waals surface area contributed by atoms with Crippen molar-refractivity contribution in [3.05, 3.63) is 6.20 Å². The molecular weight excluding hydrogens is 412 g/mol. The third-order valence-corrected chi connectivity index (χ3v) is 9.22. The number of hydrogen-bond donors (Lipinski definition) is 1. The number of carbonyl (C=O) groups is 1. The number of carbonyl (C=O) groups excluding carboxylic acids is 1. The molecule has 0 spiro atoms. The number of likely N-dealkylation sites (tertiary alicyclic amines) is 1. The highest BCUT2D eigenvalue weighted by molar-refractivity contribution is 8.01. The SMILES string of the molecule is C[C@H]1CC[C@H](N(C(=O)Nc2ncc(SCCN3CCCC3)s2)C2CCCCC2)CC1. The molecule has 168 valence electrons. The van der Waals surface area contributed by atoms with E-state index >= 15 is 0 Å². The first kappa shape index (κ1) is 22.4. The van der Waals surface area contributed by atoms with Crippen molar-refractivity contribution in [2.75, 3.05) is 30.7 Å². The van der Waals surface area contributed by atoms with Gasteiger partial charge in [0, 0.05) is 24.4 Å². The second kappa shape index (κ2) is 11.2. The van der Waals surface area contributed by atoms with Gasteiger partial charge in [-0.3, -0.25) is 5.32 Å². The number of rotatable bonds is 7. The topological polar surface area (TPSA) is 48.5 Å². The molecule has 5 nitrogen and oxygen atoms in total. The number of urea groups is 1. The van der Waals surface area contributed by atoms with Crippen LogP contribution in [0.25, 0.3) is 0 Å². The largest absolute Gasteiger partial charge is 0.324 e. The summed E-state index contributed by atoms with van der Waals surface area (Å²) >= 11 is 3.50. The van der Waals surface area contributed by atoms with Gasteiger partial charge in [-0.2, -0.15) is 0 Å². The number of aromatic nitrogens is 1. The number of anilines is 1. The van der Waals surface area contributed by atoms with Crippen molar-refractivity contribution in [3.63, 3.8) is 0 Å². The molecule has 2 amide bonds. The maximum Gasteiger partial charge on any atom is 0.324 e. The van der Waals surface area contributed by atoms with Gasteiger partial charge in [0.2, 0.25) is 0 Å². The Balaban J connectivity index is 1.32. The maximum atomic E-state index is 13.4. The molecule has 2 heterocycles. The Labute approximate surface area is 190 Å². The number of hydrogen-bond acceptors (Lipinski definition) is 5. The highest BCUT2D eigenvalue weighted by atomic mass is 32.2. The molecule has 0 aromatic carbocycles. The summed E-state index contributed by atoms with van der Waals surface area (Å²) in [4.78, 5) is 22.6. The van der Waals surface area contributed by atoms with E-state index in [4.69, 9.17) is 0 Å². The molecule has 2 aliphatic carbocycles. The van der Waals surface area contributed by atoms with Crippen LogP contribution in [0.2, 0.25) is 0 Å². The lowest BCUT2D eigenvalue weighted by atomic mass is 9.84. The maximum absolute atomic E-state index is 13.4. The van der Waals surface area contributed by atoms with E-state index in [2.05, 4.69) is 27.0 Å². The van der Waals surface area contributed by atoms with Crippen molar-refractivity contribution >= 4 is 34.3 Å². The summed E-state index contributed by atoms with van der Waals surface area (Å²) in [5.41, 5.74) is 0. The molecule has 0 atom stereocenters. The van der Waals surface area contributed by atoms with Gasteiger partial charge in [-0.1, -0.05) is 37.5 Å². The fraction of sp³-hybridized carbons (Fsp3) is 0.826. The van der Waals surface area contributed by atoms with Gasteiger partial charge in [0.05, 0.1) is 10.4 Å². The first-order valence-electron chi connectivity index (χ1n) is 12.1. The zero-order valence-electron chi connectivity index (χ0n) is 18.5. The van der Waals surface area contributed by atoms with Crippen LogP contribution in [0.5, 0.6) is 0 Å². The minimum atomic E-state index is 0.0874. The molecule has 3 fully saturated rings. The fourth-order valence-electron chi connectivity index (χ4n) is 5.33. The van der Waals surface area contributed by atoms with E-state index in [1.165, 1.54) is 62.2 Å². The van der Waals surface area contributed by atoms with E-state index in [1.807, 2.05) is 18.0 Å². The Morgan fingerprint density at radius 2 is 1.80 bits per heavy atom. The summed E-state index contributed by atoms with van der Waals surface area (Å²) in [6, 6.07) is 0.898. The van der Waals surface area contributed by atoms with Gasteiger partial charge in [0.15, 0.2) is 5.13 Å². The zero-order chi connectivity index (χ0) is 20.8. The lowest BCUT2D eigenvalue weighted by Gasteiger charge is -2.42. The van der Waals surface area contributed by atoms with Crippen molar-refractivity contribution in [2.45, 2.75) is 93.8 Å². The van der Waals surface area contributed by atoms with Crippen LogP contribution >= 0.6 is 23.1 Å². The predicted octanol–water partition coefficient (Wildman–Crippen LogP) is 6.08. The molecule has 1 N–H and O–H groups in total. The van der Waals surface area contributed by atoms with E-state index in [0.29, 0.717) is 12.1 Å². The number of nitrogens with one attached hydrogen (secondary N) is 1. The molecule has 1 aromatic heterocycles. The van der Waals surface area contributed by atoms with Gasteiger partial charge >= 0.3 is 6.03 Å². The van der Waals surface area contributed by atoms with Crippen molar-refractivity contribution in [1.82, 2.24) is 14.8 Å². The highest BCUT2D eigenvalue weighted by Crippen LogP contribution is 2.34. The van der Waals surface area contributed by atoms with Crippen LogP contribution in [-0.2, 0) is 0 Å². The summed E-state index contributed by atoms with van der Waals surface area (Å²) in [6.45, 7) is 6.00. The quantitative estimate of drug-likeness (QED) is 0.512. The van der Waals surface area contributed by atoms with Crippen molar-refractivity contribution < 1.29 is 4.79 Å². The predicted molar refractivity (Wildman–Crippen MR) is 128 cm³/mol. The second-order valence-electron chi connectivity index (χ2n) is 9.42. The fourth-order valence-corrected chi connectivity index (χ4v) is 7.27.